The molecule has 0 atom stereocenters. The van der Waals surface area contributed by atoms with Crippen molar-refractivity contribution < 1.29 is 0 Å². The fourth-order valence-electron chi connectivity index (χ4n) is 21.2. The molecule has 3 heteroatoms. The molecule has 18 aromatic rings. The molecule has 0 radical (unpaired) electrons. The van der Waals surface area contributed by atoms with Gasteiger partial charge in [0.25, 0.3) is 0 Å². The molecule has 0 bridgehead atoms. The van der Waals surface area contributed by atoms with E-state index in [1.54, 1.807) is 0 Å². The highest BCUT2D eigenvalue weighted by Gasteiger charge is 2.37. The van der Waals surface area contributed by atoms with Crippen molar-refractivity contribution in [1.82, 2.24) is 13.7 Å². The van der Waals surface area contributed by atoms with E-state index in [2.05, 4.69) is 287 Å². The molecular weight excluding hydrogens is 1570 g/mol. The Hall–Kier alpha value is -12.3. The highest BCUT2D eigenvalue weighted by molar-refractivity contribution is 6.23. The molecule has 130 heavy (non-hydrogen) atoms. The summed E-state index contributed by atoms with van der Waals surface area (Å²) in [5.74, 6) is 0. The van der Waals surface area contributed by atoms with Crippen LogP contribution in [0.15, 0.2) is 273 Å². The monoisotopic (exact) mass is 1710 g/mol. The molecule has 15 aromatic carbocycles. The van der Waals surface area contributed by atoms with Gasteiger partial charge in [-0.05, 0) is 237 Å². The van der Waals surface area contributed by atoms with Gasteiger partial charge in [0.15, 0.2) is 0 Å². The zero-order chi connectivity index (χ0) is 93.9. The van der Waals surface area contributed by atoms with Gasteiger partial charge >= 0.3 is 0 Å². The van der Waals surface area contributed by atoms with E-state index < -0.39 is 0 Å². The van der Waals surface area contributed by atoms with Gasteiger partial charge in [-0.15, -0.1) is 0 Å². The second kappa shape index (κ2) is 45.3. The molecule has 6 aliphatic carbocycles. The molecule has 0 saturated heterocycles. The third-order valence-electron chi connectivity index (χ3n) is 25.3. The molecule has 27 rings (SSSR count). The molecular formula is C127H147N3. The summed E-state index contributed by atoms with van der Waals surface area (Å²) in [4.78, 5) is 0. The van der Waals surface area contributed by atoms with Gasteiger partial charge in [-0.3, -0.25) is 0 Å². The number of rotatable bonds is 0. The van der Waals surface area contributed by atoms with Crippen LogP contribution in [0.25, 0.3) is 149 Å². The van der Waals surface area contributed by atoms with Crippen LogP contribution in [0.4, 0.5) is 0 Å². The first-order valence-electron chi connectivity index (χ1n) is 50.8. The van der Waals surface area contributed by atoms with Gasteiger partial charge in [-0.25, -0.2) is 0 Å². The van der Waals surface area contributed by atoms with Crippen LogP contribution >= 0.6 is 0 Å². The van der Waals surface area contributed by atoms with E-state index in [1.807, 2.05) is 194 Å². The Kier molecular flexibility index (Phi) is 34.3. The van der Waals surface area contributed by atoms with Crippen LogP contribution in [0.1, 0.15) is 294 Å². The van der Waals surface area contributed by atoms with E-state index in [4.69, 9.17) is 0 Å². The van der Waals surface area contributed by atoms with Crippen molar-refractivity contribution in [2.75, 3.05) is 0 Å². The smallest absolute Gasteiger partial charge is 0.0622 e. The Balaban J connectivity index is 0.000000166. The molecule has 0 amide bonds. The van der Waals surface area contributed by atoms with Crippen LogP contribution in [0.3, 0.4) is 0 Å². The maximum absolute atomic E-state index is 2.61. The van der Waals surface area contributed by atoms with Crippen LogP contribution in [0.2, 0.25) is 0 Å². The van der Waals surface area contributed by atoms with Crippen molar-refractivity contribution >= 4 is 65.4 Å². The summed E-state index contributed by atoms with van der Waals surface area (Å²) in [6.45, 7) is 56.0. The summed E-state index contributed by atoms with van der Waals surface area (Å²) < 4.78 is 7.80. The normalized spacial score (nSPS) is 11.7. The van der Waals surface area contributed by atoms with Gasteiger partial charge in [-0.2, -0.15) is 0 Å². The molecule has 0 spiro atoms. The molecule has 9 aliphatic rings. The molecule has 0 unspecified atom stereocenters. The minimum Gasteiger partial charge on any atom is -0.309 e. The fourth-order valence-corrected chi connectivity index (χ4v) is 21.2. The summed E-state index contributed by atoms with van der Waals surface area (Å²) in [5, 5.41) is 8.53. The molecule has 6 heterocycles. The van der Waals surface area contributed by atoms with E-state index >= 15 is 0 Å². The first kappa shape index (κ1) is 98.3. The van der Waals surface area contributed by atoms with Gasteiger partial charge in [0.05, 0.1) is 33.1 Å². The average molecular weight is 1720 g/mol. The molecule has 3 nitrogen and oxygen atoms in total. The summed E-state index contributed by atoms with van der Waals surface area (Å²) in [5.41, 5.74) is 55.9. The largest absolute Gasteiger partial charge is 0.309 e. The van der Waals surface area contributed by atoms with E-state index in [1.165, 1.54) is 249 Å². The van der Waals surface area contributed by atoms with Crippen molar-refractivity contribution in [2.24, 2.45) is 0 Å². The predicted octanol–water partition coefficient (Wildman–Crippen LogP) is 37.9. The number of fused-ring (bicyclic) bond motifs is 38. The second-order valence-electron chi connectivity index (χ2n) is 30.3. The lowest BCUT2D eigenvalue weighted by molar-refractivity contribution is 1.02. The van der Waals surface area contributed by atoms with Gasteiger partial charge in [0.2, 0.25) is 0 Å². The Labute approximate surface area is 782 Å². The minimum absolute atomic E-state index is 0.997. The fraction of sp³-hybridized carbons (Fsp3) is 0.291. The lowest BCUT2D eigenvalue weighted by Crippen LogP contribution is -2.10. The van der Waals surface area contributed by atoms with Gasteiger partial charge < -0.3 is 13.7 Å². The SMILES string of the molecule is CC.CC.CC.CC.CC.CC.CC.CC.CC.CC.CC.CC.CC.CC.c1ccc2c(c1)Cc1c-2cc2c3c1c1ccc4c(c1n3-c1ccccc1C2)-c1ccccc1C4.c1ccc2c(c1)Cc1cc3c(cc1-2)c1cc2c(c4c1n3-c1ccccc1C4)Cc1ccccc1-2.c1ccc2c(c1)Cc1cc3c4c(c1-2)c1ccc2c(c1n4-c1ccccc1C3)-c1ccccc1C2. The van der Waals surface area contributed by atoms with Crippen molar-refractivity contribution in [3.63, 3.8) is 0 Å². The Bertz CT molecular complexity index is 6960. The number of hydrogen-bond acceptors (Lipinski definition) is 0. The standard InChI is InChI=1S/3C33H21N.14C2H6/c1-4-10-24-20(8-1)17-28-27(24)18-23-16-21-9-3-6-12-29(21)34-32(23)31(28)26-14-13-22-15-19-7-2-5-11-25(19)30(22)33(26)34;1-4-10-25-20(8-1)16-23-18-24-17-21-9-3-6-12-28(21)34-32(24)31(29(23)25)27-14-13-22-15-19-7-2-5-11-26(19)30(22)33(27)34;1-4-10-23-19(7-1)13-22-16-32-28(17-25(22)23)30-18-27-24-11-5-2-8-20(24)14-26(27)29-15-21-9-3-6-12-31(21)34(32)33(29)30;14*1-2/h2*1-14,18H,15-17H2;1-12,16-18H,13-15H2;14*1-2H3. The van der Waals surface area contributed by atoms with Crippen molar-refractivity contribution in [1.29, 1.82) is 0 Å². The molecule has 670 valence electrons. The highest BCUT2D eigenvalue weighted by Crippen LogP contribution is 2.57. The average Bonchev–Trinajstić information content (AvgIpc) is 1.53. The van der Waals surface area contributed by atoms with E-state index in [0.29, 0.717) is 0 Å². The zero-order valence-corrected chi connectivity index (χ0v) is 84.2. The van der Waals surface area contributed by atoms with Crippen LogP contribution in [0.5, 0.6) is 0 Å². The Morgan fingerprint density at radius 1 is 0.154 bits per heavy atom. The zero-order valence-electron chi connectivity index (χ0n) is 84.2. The highest BCUT2D eigenvalue weighted by atomic mass is 15.0. The summed E-state index contributed by atoms with van der Waals surface area (Å²) in [7, 11) is 0. The van der Waals surface area contributed by atoms with Gasteiger partial charge in [0.1, 0.15) is 0 Å². The van der Waals surface area contributed by atoms with Crippen molar-refractivity contribution in [2.45, 2.75) is 252 Å². The molecule has 3 aliphatic heterocycles. The Morgan fingerprint density at radius 3 is 0.908 bits per heavy atom. The van der Waals surface area contributed by atoms with E-state index in [9.17, 15) is 0 Å². The van der Waals surface area contributed by atoms with Crippen LogP contribution in [0, 0.1) is 0 Å². The van der Waals surface area contributed by atoms with Gasteiger partial charge in [0, 0.05) is 79.8 Å². The second-order valence-corrected chi connectivity index (χ2v) is 30.3. The van der Waals surface area contributed by atoms with Crippen LogP contribution in [-0.4, -0.2) is 13.7 Å². The third-order valence-corrected chi connectivity index (χ3v) is 25.3. The number of nitrogens with zero attached hydrogens (tertiary/aromatic N) is 3. The topological polar surface area (TPSA) is 14.8 Å². The molecule has 0 fully saturated rings. The predicted molar refractivity (Wildman–Crippen MR) is 579 cm³/mol. The number of hydrogen-bond donors (Lipinski definition) is 0. The molecule has 3 aromatic heterocycles. The number of para-hydroxylation sites is 3. The van der Waals surface area contributed by atoms with Crippen LogP contribution in [-0.2, 0) is 57.8 Å². The quantitative estimate of drug-likeness (QED) is 0.144. The minimum atomic E-state index is 0.997. The maximum atomic E-state index is 2.61. The van der Waals surface area contributed by atoms with E-state index in [0.717, 1.165) is 57.8 Å². The Morgan fingerprint density at radius 2 is 0.454 bits per heavy atom. The third kappa shape index (κ3) is 16.4. The first-order valence-corrected chi connectivity index (χ1v) is 50.8. The van der Waals surface area contributed by atoms with Crippen LogP contribution < -0.4 is 0 Å². The molecule has 0 saturated carbocycles. The lowest BCUT2D eigenvalue weighted by Gasteiger charge is -2.23. The molecule has 0 N–H and O–H groups in total. The maximum Gasteiger partial charge on any atom is 0.0622 e. The number of aromatic nitrogens is 3. The lowest BCUT2D eigenvalue weighted by atomic mass is 9.90. The number of benzene rings is 15. The van der Waals surface area contributed by atoms with Crippen molar-refractivity contribution in [3.8, 4) is 83.8 Å². The summed E-state index contributed by atoms with van der Waals surface area (Å²) >= 11 is 0. The summed E-state index contributed by atoms with van der Waals surface area (Å²) in [6.07, 6.45) is 9.21. The summed E-state index contributed by atoms with van der Waals surface area (Å²) in [6, 6.07) is 103. The van der Waals surface area contributed by atoms with Gasteiger partial charge in [-0.1, -0.05) is 424 Å². The van der Waals surface area contributed by atoms with Crippen molar-refractivity contribution in [3.05, 3.63) is 373 Å². The first-order chi connectivity index (χ1) is 64.6. The van der Waals surface area contributed by atoms with E-state index in [-0.39, 0.29) is 0 Å².